The molecule has 0 fully saturated rings. The summed E-state index contributed by atoms with van der Waals surface area (Å²) in [4.78, 5) is 0. The Morgan fingerprint density at radius 2 is 2.27 bits per heavy atom. The van der Waals surface area contributed by atoms with Gasteiger partial charge in [0.05, 0.1) is 12.2 Å². The van der Waals surface area contributed by atoms with Crippen molar-refractivity contribution in [2.75, 3.05) is 0 Å². The van der Waals surface area contributed by atoms with Gasteiger partial charge in [-0.1, -0.05) is 6.08 Å². The first-order chi connectivity index (χ1) is 5.11. The summed E-state index contributed by atoms with van der Waals surface area (Å²) in [6.45, 7) is 3.72. The molecule has 2 heteroatoms. The second-order valence-electron chi connectivity index (χ2n) is 3.44. The first-order valence-corrected chi connectivity index (χ1v) is 4.14. The fourth-order valence-electron chi connectivity index (χ4n) is 1.44. The molecular formula is C9H16O2. The molecule has 0 saturated heterocycles. The Labute approximate surface area is 67.6 Å². The summed E-state index contributed by atoms with van der Waals surface area (Å²) in [5.41, 5.74) is 1.04. The van der Waals surface area contributed by atoms with Crippen LogP contribution in [0, 0.1) is 5.92 Å². The summed E-state index contributed by atoms with van der Waals surface area (Å²) in [7, 11) is 0. The highest BCUT2D eigenvalue weighted by Gasteiger charge is 2.22. The van der Waals surface area contributed by atoms with E-state index in [1.54, 1.807) is 6.92 Å². The van der Waals surface area contributed by atoms with E-state index in [2.05, 4.69) is 0 Å². The lowest BCUT2D eigenvalue weighted by Gasteiger charge is -2.26. The lowest BCUT2D eigenvalue weighted by Crippen LogP contribution is -2.26. The van der Waals surface area contributed by atoms with E-state index in [9.17, 15) is 10.2 Å². The number of aliphatic hydroxyl groups excluding tert-OH is 2. The number of hydrogen-bond acceptors (Lipinski definition) is 2. The van der Waals surface area contributed by atoms with Gasteiger partial charge in [0.1, 0.15) is 0 Å². The molecule has 1 aliphatic rings. The van der Waals surface area contributed by atoms with Gasteiger partial charge in [-0.25, -0.2) is 0 Å². The van der Waals surface area contributed by atoms with Gasteiger partial charge >= 0.3 is 0 Å². The molecule has 0 bridgehead atoms. The minimum atomic E-state index is -0.330. The number of hydrogen-bond donors (Lipinski definition) is 2. The predicted octanol–water partition coefficient (Wildman–Crippen LogP) is 1.08. The van der Waals surface area contributed by atoms with Crippen LogP contribution in [0.3, 0.4) is 0 Å². The average Bonchev–Trinajstić information content (AvgIpc) is 1.94. The van der Waals surface area contributed by atoms with E-state index in [-0.39, 0.29) is 18.1 Å². The largest absolute Gasteiger partial charge is 0.393 e. The van der Waals surface area contributed by atoms with Gasteiger partial charge in [-0.15, -0.1) is 0 Å². The fraction of sp³-hybridized carbons (Fsp3) is 0.778. The highest BCUT2D eigenvalue weighted by Crippen LogP contribution is 2.25. The van der Waals surface area contributed by atoms with Gasteiger partial charge in [0, 0.05) is 0 Å². The number of rotatable bonds is 1. The second-order valence-corrected chi connectivity index (χ2v) is 3.44. The summed E-state index contributed by atoms with van der Waals surface area (Å²) < 4.78 is 0. The zero-order chi connectivity index (χ0) is 8.43. The van der Waals surface area contributed by atoms with Gasteiger partial charge in [-0.05, 0) is 38.2 Å². The summed E-state index contributed by atoms with van der Waals surface area (Å²) in [6.07, 6.45) is 3.00. The van der Waals surface area contributed by atoms with E-state index >= 15 is 0 Å². The third kappa shape index (κ3) is 2.04. The van der Waals surface area contributed by atoms with E-state index in [0.29, 0.717) is 6.42 Å². The molecule has 0 saturated carbocycles. The maximum absolute atomic E-state index is 9.42. The monoisotopic (exact) mass is 156 g/mol. The Hall–Kier alpha value is -0.340. The minimum Gasteiger partial charge on any atom is -0.393 e. The molecule has 1 rings (SSSR count). The highest BCUT2D eigenvalue weighted by molar-refractivity contribution is 5.09. The SMILES string of the molecule is CC1=CCC(C(C)O)C[C@@H]1O. The van der Waals surface area contributed by atoms with Crippen LogP contribution in [0.1, 0.15) is 26.7 Å². The van der Waals surface area contributed by atoms with Crippen LogP contribution in [0.25, 0.3) is 0 Å². The first kappa shape index (κ1) is 8.75. The van der Waals surface area contributed by atoms with Crippen LogP contribution >= 0.6 is 0 Å². The van der Waals surface area contributed by atoms with E-state index in [4.69, 9.17) is 0 Å². The van der Waals surface area contributed by atoms with Crippen molar-refractivity contribution < 1.29 is 10.2 Å². The molecule has 64 valence electrons. The molecule has 0 spiro atoms. The number of aliphatic hydroxyl groups is 2. The average molecular weight is 156 g/mol. The van der Waals surface area contributed by atoms with Crippen LogP contribution in [0.2, 0.25) is 0 Å². The van der Waals surface area contributed by atoms with Crippen LogP contribution in [0.4, 0.5) is 0 Å². The zero-order valence-electron chi connectivity index (χ0n) is 7.12. The first-order valence-electron chi connectivity index (χ1n) is 4.14. The van der Waals surface area contributed by atoms with Crippen LogP contribution in [-0.2, 0) is 0 Å². The molecule has 0 aliphatic heterocycles. The Morgan fingerprint density at radius 1 is 1.64 bits per heavy atom. The van der Waals surface area contributed by atoms with Gasteiger partial charge in [0.25, 0.3) is 0 Å². The van der Waals surface area contributed by atoms with Crippen molar-refractivity contribution in [3.63, 3.8) is 0 Å². The van der Waals surface area contributed by atoms with Crippen molar-refractivity contribution in [2.45, 2.75) is 38.9 Å². The van der Waals surface area contributed by atoms with Gasteiger partial charge < -0.3 is 10.2 Å². The van der Waals surface area contributed by atoms with E-state index in [1.165, 1.54) is 0 Å². The molecule has 0 aromatic heterocycles. The lowest BCUT2D eigenvalue weighted by molar-refractivity contribution is 0.0784. The summed E-state index contributed by atoms with van der Waals surface area (Å²) in [5.74, 6) is 0.244. The Kier molecular flexibility index (Phi) is 2.68. The molecule has 11 heavy (non-hydrogen) atoms. The summed E-state index contributed by atoms with van der Waals surface area (Å²) in [6, 6.07) is 0. The molecule has 2 N–H and O–H groups in total. The Bertz CT molecular complexity index is 161. The van der Waals surface area contributed by atoms with Crippen LogP contribution in [-0.4, -0.2) is 22.4 Å². The van der Waals surface area contributed by atoms with Crippen molar-refractivity contribution in [3.05, 3.63) is 11.6 Å². The van der Waals surface area contributed by atoms with Crippen LogP contribution in [0.15, 0.2) is 11.6 Å². The molecule has 2 unspecified atom stereocenters. The van der Waals surface area contributed by atoms with Crippen molar-refractivity contribution in [1.29, 1.82) is 0 Å². The Balaban J connectivity index is 2.55. The predicted molar refractivity (Wildman–Crippen MR) is 44.2 cm³/mol. The molecule has 3 atom stereocenters. The van der Waals surface area contributed by atoms with Crippen molar-refractivity contribution in [2.24, 2.45) is 5.92 Å². The van der Waals surface area contributed by atoms with Gasteiger partial charge in [0.2, 0.25) is 0 Å². The maximum atomic E-state index is 9.42. The summed E-state index contributed by atoms with van der Waals surface area (Å²) in [5, 5.41) is 18.7. The van der Waals surface area contributed by atoms with Crippen molar-refractivity contribution >= 4 is 0 Å². The van der Waals surface area contributed by atoms with E-state index in [0.717, 1.165) is 12.0 Å². The van der Waals surface area contributed by atoms with E-state index in [1.807, 2.05) is 13.0 Å². The second kappa shape index (κ2) is 3.37. The van der Waals surface area contributed by atoms with Gasteiger partial charge in [0.15, 0.2) is 0 Å². The molecule has 2 nitrogen and oxygen atoms in total. The maximum Gasteiger partial charge on any atom is 0.0751 e. The van der Waals surface area contributed by atoms with Crippen molar-refractivity contribution in [3.8, 4) is 0 Å². The van der Waals surface area contributed by atoms with E-state index < -0.39 is 0 Å². The number of allylic oxidation sites excluding steroid dienone is 1. The smallest absolute Gasteiger partial charge is 0.0751 e. The van der Waals surface area contributed by atoms with Gasteiger partial charge in [-0.3, -0.25) is 0 Å². The normalized spacial score (nSPS) is 34.7. The topological polar surface area (TPSA) is 40.5 Å². The van der Waals surface area contributed by atoms with Crippen molar-refractivity contribution in [1.82, 2.24) is 0 Å². The van der Waals surface area contributed by atoms with Crippen LogP contribution in [0.5, 0.6) is 0 Å². The third-order valence-corrected chi connectivity index (χ3v) is 2.48. The Morgan fingerprint density at radius 3 is 2.73 bits per heavy atom. The third-order valence-electron chi connectivity index (χ3n) is 2.48. The molecule has 0 aromatic rings. The molecule has 0 radical (unpaired) electrons. The molecule has 0 amide bonds. The van der Waals surface area contributed by atoms with Crippen LogP contribution < -0.4 is 0 Å². The quantitative estimate of drug-likeness (QED) is 0.558. The lowest BCUT2D eigenvalue weighted by atomic mass is 9.85. The standard InChI is InChI=1S/C9H16O2/c1-6-3-4-8(7(2)10)5-9(6)11/h3,7-11H,4-5H2,1-2H3/t7?,8?,9-/m0/s1. The van der Waals surface area contributed by atoms with Gasteiger partial charge in [-0.2, -0.15) is 0 Å². The fourth-order valence-corrected chi connectivity index (χ4v) is 1.44. The molecule has 0 heterocycles. The molecular weight excluding hydrogens is 140 g/mol. The minimum absolute atomic E-state index is 0.244. The molecule has 0 aromatic carbocycles. The molecule has 1 aliphatic carbocycles. The highest BCUT2D eigenvalue weighted by atomic mass is 16.3. The summed E-state index contributed by atoms with van der Waals surface area (Å²) >= 11 is 0. The zero-order valence-corrected chi connectivity index (χ0v) is 7.12.